The van der Waals surface area contributed by atoms with Crippen molar-refractivity contribution in [3.05, 3.63) is 60.2 Å². The lowest BCUT2D eigenvalue weighted by atomic mass is 9.47. The molecule has 4 fully saturated rings. The monoisotopic (exact) mass is 664 g/mol. The van der Waals surface area contributed by atoms with Crippen LogP contribution in [0.15, 0.2) is 54.6 Å². The number of carbonyl (C=O) groups excluding carboxylic acids is 4. The molecule has 0 radical (unpaired) electrons. The molecule has 0 spiro atoms. The summed E-state index contributed by atoms with van der Waals surface area (Å²) in [5.74, 6) is 1.57. The van der Waals surface area contributed by atoms with E-state index in [4.69, 9.17) is 9.47 Å². The van der Waals surface area contributed by atoms with Gasteiger partial charge in [-0.2, -0.15) is 11.8 Å². The van der Waals surface area contributed by atoms with Crippen molar-refractivity contribution in [2.75, 3.05) is 38.1 Å². The van der Waals surface area contributed by atoms with Crippen LogP contribution in [-0.2, 0) is 30.3 Å². The SMILES string of the molecule is COC(=O)[C@H](CCSC)NC(=O)[C@H](Cc1ccccc1)NC(=O)CNC(=O)[C@H](Nc1ccc(OC)cc1)C12CC3CC(CC(C3)C1)C2. The first-order chi connectivity index (χ1) is 22.7. The van der Waals surface area contributed by atoms with Crippen LogP contribution in [0.2, 0.25) is 0 Å². The minimum absolute atomic E-state index is 0.176. The van der Waals surface area contributed by atoms with Crippen LogP contribution in [0.3, 0.4) is 0 Å². The molecule has 4 aliphatic carbocycles. The lowest BCUT2D eigenvalue weighted by Gasteiger charge is -2.59. The Balaban J connectivity index is 1.28. The Labute approximate surface area is 281 Å². The van der Waals surface area contributed by atoms with Crippen LogP contribution < -0.4 is 26.0 Å². The van der Waals surface area contributed by atoms with Gasteiger partial charge in [0.05, 0.1) is 20.8 Å². The van der Waals surface area contributed by atoms with Crippen molar-refractivity contribution in [2.45, 2.75) is 69.5 Å². The standard InChI is InChI=1S/C36H48N4O6S/c1-45-28-11-9-27(10-12-28)38-32(36-19-24-15-25(20-36)17-26(16-24)21-36)34(43)37-22-31(41)39-30(18-23-7-5-4-6-8-23)33(42)40-29(13-14-47-3)35(44)46-2/h4-12,24-26,29-30,32,38H,13-22H2,1-3H3,(H,37,43)(H,39,41)(H,40,42)/t24?,25?,26?,29-,30-,32-,36?/m0/s1. The molecular weight excluding hydrogens is 616 g/mol. The van der Waals surface area contributed by atoms with Crippen molar-refractivity contribution >= 4 is 41.1 Å². The highest BCUT2D eigenvalue weighted by Crippen LogP contribution is 2.61. The Morgan fingerprint density at radius 2 is 1.49 bits per heavy atom. The molecule has 2 aromatic rings. The average Bonchev–Trinajstić information content (AvgIpc) is 3.07. The maximum Gasteiger partial charge on any atom is 0.328 e. The van der Waals surface area contributed by atoms with Gasteiger partial charge in [-0.25, -0.2) is 4.79 Å². The molecule has 10 nitrogen and oxygen atoms in total. The number of benzene rings is 2. The summed E-state index contributed by atoms with van der Waals surface area (Å²) in [7, 11) is 2.91. The van der Waals surface area contributed by atoms with Gasteiger partial charge >= 0.3 is 5.97 Å². The number of amides is 3. The summed E-state index contributed by atoms with van der Waals surface area (Å²) in [5.41, 5.74) is 1.50. The lowest BCUT2D eigenvalue weighted by Crippen LogP contribution is -2.59. The summed E-state index contributed by atoms with van der Waals surface area (Å²) < 4.78 is 10.2. The molecule has 0 aromatic heterocycles. The number of anilines is 1. The van der Waals surface area contributed by atoms with Gasteiger partial charge in [0.15, 0.2) is 0 Å². The van der Waals surface area contributed by atoms with Gasteiger partial charge in [0, 0.05) is 17.5 Å². The first kappa shape index (κ1) is 34.6. The molecule has 11 heteroatoms. The first-order valence-corrected chi connectivity index (χ1v) is 18.0. The topological polar surface area (TPSA) is 135 Å². The Morgan fingerprint density at radius 3 is 2.06 bits per heavy atom. The fourth-order valence-corrected chi connectivity index (χ4v) is 8.83. The summed E-state index contributed by atoms with van der Waals surface area (Å²) in [6.45, 7) is -0.280. The van der Waals surface area contributed by atoms with Crippen LogP contribution in [0.1, 0.15) is 50.5 Å². The first-order valence-electron chi connectivity index (χ1n) is 16.6. The van der Waals surface area contributed by atoms with E-state index < -0.39 is 35.9 Å². The van der Waals surface area contributed by atoms with E-state index in [1.807, 2.05) is 60.9 Å². The zero-order valence-corrected chi connectivity index (χ0v) is 28.4. The summed E-state index contributed by atoms with van der Waals surface area (Å²) in [5, 5.41) is 12.0. The molecule has 3 atom stereocenters. The van der Waals surface area contributed by atoms with E-state index in [1.165, 1.54) is 26.4 Å². The van der Waals surface area contributed by atoms with E-state index in [0.29, 0.717) is 29.9 Å². The number of thioether (sulfide) groups is 1. The van der Waals surface area contributed by atoms with E-state index in [2.05, 4.69) is 21.3 Å². The number of carbonyl (C=O) groups is 4. The van der Waals surface area contributed by atoms with Gasteiger partial charge in [-0.15, -0.1) is 0 Å². The number of hydrogen-bond acceptors (Lipinski definition) is 8. The van der Waals surface area contributed by atoms with Crippen molar-refractivity contribution in [3.8, 4) is 5.75 Å². The molecule has 4 bridgehead atoms. The summed E-state index contributed by atoms with van der Waals surface area (Å²) >= 11 is 1.56. The molecule has 3 amide bonds. The molecule has 0 saturated heterocycles. The van der Waals surface area contributed by atoms with E-state index in [1.54, 1.807) is 18.9 Å². The molecule has 254 valence electrons. The van der Waals surface area contributed by atoms with Crippen LogP contribution >= 0.6 is 11.8 Å². The second-order valence-corrected chi connectivity index (χ2v) is 14.5. The molecule has 6 rings (SSSR count). The largest absolute Gasteiger partial charge is 0.497 e. The number of ether oxygens (including phenoxy) is 2. The molecule has 2 aromatic carbocycles. The molecule has 47 heavy (non-hydrogen) atoms. The molecule has 0 unspecified atom stereocenters. The van der Waals surface area contributed by atoms with Crippen molar-refractivity contribution in [1.29, 1.82) is 0 Å². The average molecular weight is 665 g/mol. The zero-order chi connectivity index (χ0) is 33.4. The van der Waals surface area contributed by atoms with Crippen molar-refractivity contribution in [2.24, 2.45) is 23.2 Å². The van der Waals surface area contributed by atoms with Gasteiger partial charge in [-0.1, -0.05) is 30.3 Å². The minimum atomic E-state index is -0.959. The Morgan fingerprint density at radius 1 is 0.851 bits per heavy atom. The molecule has 4 saturated carbocycles. The molecule has 0 heterocycles. The van der Waals surface area contributed by atoms with Gasteiger partial charge in [0.25, 0.3) is 0 Å². The Kier molecular flexibility index (Phi) is 11.7. The molecule has 4 N–H and O–H groups in total. The molecular formula is C36H48N4O6S. The van der Waals surface area contributed by atoms with Crippen molar-refractivity contribution in [1.82, 2.24) is 16.0 Å². The fourth-order valence-electron chi connectivity index (χ4n) is 8.35. The maximum atomic E-state index is 14.0. The van der Waals surface area contributed by atoms with Crippen molar-refractivity contribution in [3.63, 3.8) is 0 Å². The van der Waals surface area contributed by atoms with Gasteiger partial charge in [-0.05, 0) is 105 Å². The minimum Gasteiger partial charge on any atom is -0.497 e. The predicted octanol–water partition coefficient (Wildman–Crippen LogP) is 3.95. The third kappa shape index (κ3) is 8.80. The quantitative estimate of drug-likeness (QED) is 0.198. The third-order valence-electron chi connectivity index (χ3n) is 10.1. The number of rotatable bonds is 16. The Bertz CT molecular complexity index is 1350. The fraction of sp³-hybridized carbons (Fsp3) is 0.556. The van der Waals surface area contributed by atoms with Crippen LogP contribution in [-0.4, -0.2) is 74.6 Å². The van der Waals surface area contributed by atoms with E-state index in [-0.39, 0.29) is 24.3 Å². The Hall–Kier alpha value is -3.73. The number of esters is 1. The van der Waals surface area contributed by atoms with Crippen LogP contribution in [0.25, 0.3) is 0 Å². The molecule has 4 aliphatic rings. The highest BCUT2D eigenvalue weighted by molar-refractivity contribution is 7.98. The second kappa shape index (κ2) is 15.9. The number of hydrogen-bond donors (Lipinski definition) is 4. The van der Waals surface area contributed by atoms with Gasteiger partial charge in [-0.3, -0.25) is 14.4 Å². The van der Waals surface area contributed by atoms with Gasteiger partial charge < -0.3 is 30.7 Å². The zero-order valence-electron chi connectivity index (χ0n) is 27.6. The van der Waals surface area contributed by atoms with Crippen LogP contribution in [0.5, 0.6) is 5.75 Å². The van der Waals surface area contributed by atoms with Gasteiger partial charge in [0.1, 0.15) is 23.9 Å². The van der Waals surface area contributed by atoms with Gasteiger partial charge in [0.2, 0.25) is 17.7 Å². The maximum absolute atomic E-state index is 14.0. The number of nitrogens with one attached hydrogen (secondary N) is 4. The number of methoxy groups -OCH3 is 2. The normalized spacial score (nSPS) is 24.4. The van der Waals surface area contributed by atoms with Crippen LogP contribution in [0, 0.1) is 23.2 Å². The smallest absolute Gasteiger partial charge is 0.328 e. The summed E-state index contributed by atoms with van der Waals surface area (Å²) in [4.78, 5) is 53.3. The van der Waals surface area contributed by atoms with E-state index >= 15 is 0 Å². The summed E-state index contributed by atoms with van der Waals surface area (Å²) in [6, 6.07) is 14.6. The molecule has 0 aliphatic heterocycles. The highest BCUT2D eigenvalue weighted by Gasteiger charge is 2.56. The van der Waals surface area contributed by atoms with E-state index in [9.17, 15) is 19.2 Å². The van der Waals surface area contributed by atoms with E-state index in [0.717, 1.165) is 36.3 Å². The highest BCUT2D eigenvalue weighted by atomic mass is 32.2. The third-order valence-corrected chi connectivity index (χ3v) is 10.8. The second-order valence-electron chi connectivity index (χ2n) is 13.5. The van der Waals surface area contributed by atoms with Crippen molar-refractivity contribution < 1.29 is 28.7 Å². The lowest BCUT2D eigenvalue weighted by molar-refractivity contribution is -0.145. The van der Waals surface area contributed by atoms with Crippen LogP contribution in [0.4, 0.5) is 5.69 Å². The summed E-state index contributed by atoms with van der Waals surface area (Å²) in [6.07, 6.45) is 9.29. The predicted molar refractivity (Wildman–Crippen MR) is 183 cm³/mol.